The Kier molecular flexibility index (Phi) is 1.83. The van der Waals surface area contributed by atoms with Crippen LogP contribution in [0.3, 0.4) is 0 Å². The van der Waals surface area contributed by atoms with Crippen LogP contribution in [0.1, 0.15) is 6.42 Å². The Morgan fingerprint density at radius 1 is 1.62 bits per heavy atom. The lowest BCUT2D eigenvalue weighted by Crippen LogP contribution is -2.32. The van der Waals surface area contributed by atoms with Crippen LogP contribution in [0.25, 0.3) is 0 Å². The van der Waals surface area contributed by atoms with Crippen LogP contribution in [-0.2, 0) is 14.3 Å². The molecule has 0 radical (unpaired) electrons. The third kappa shape index (κ3) is 1.22. The molecule has 0 amide bonds. The minimum Gasteiger partial charge on any atom is -0.481 e. The minimum atomic E-state index is -0.904. The van der Waals surface area contributed by atoms with Crippen molar-refractivity contribution >= 4 is 11.9 Å². The first kappa shape index (κ1) is 8.29. The van der Waals surface area contributed by atoms with Crippen LogP contribution in [0.4, 0.5) is 0 Å². The van der Waals surface area contributed by atoms with E-state index in [1.807, 2.05) is 12.2 Å². The molecule has 3 atom stereocenters. The summed E-state index contributed by atoms with van der Waals surface area (Å²) < 4.78 is 4.83. The number of carboxylic acid groups (broad SMARTS) is 1. The number of fused-ring (bicyclic) bond motifs is 1. The second kappa shape index (κ2) is 2.87. The highest BCUT2D eigenvalue weighted by Crippen LogP contribution is 2.35. The summed E-state index contributed by atoms with van der Waals surface area (Å²) in [5.74, 6) is -2.34. The largest absolute Gasteiger partial charge is 0.481 e. The van der Waals surface area contributed by atoms with Crippen molar-refractivity contribution in [2.75, 3.05) is 6.61 Å². The summed E-state index contributed by atoms with van der Waals surface area (Å²) in [7, 11) is 0. The third-order valence-electron chi connectivity index (χ3n) is 2.68. The summed E-state index contributed by atoms with van der Waals surface area (Å²) in [6.45, 7) is 0.337. The number of allylic oxidation sites excluding steroid dienone is 1. The van der Waals surface area contributed by atoms with Gasteiger partial charge in [-0.1, -0.05) is 12.2 Å². The summed E-state index contributed by atoms with van der Waals surface area (Å²) in [6, 6.07) is 0. The van der Waals surface area contributed by atoms with Crippen LogP contribution in [0.2, 0.25) is 0 Å². The number of hydrogen-bond donors (Lipinski definition) is 1. The van der Waals surface area contributed by atoms with Gasteiger partial charge in [0.15, 0.2) is 0 Å². The van der Waals surface area contributed by atoms with Gasteiger partial charge >= 0.3 is 11.9 Å². The predicted molar refractivity (Wildman–Crippen MR) is 42.8 cm³/mol. The Balaban J connectivity index is 2.27. The van der Waals surface area contributed by atoms with Crippen LogP contribution < -0.4 is 0 Å². The molecule has 1 fully saturated rings. The van der Waals surface area contributed by atoms with Gasteiger partial charge in [-0.05, 0) is 6.42 Å². The first-order chi connectivity index (χ1) is 6.20. The Labute approximate surface area is 75.2 Å². The highest BCUT2D eigenvalue weighted by Gasteiger charge is 2.45. The molecule has 0 unspecified atom stereocenters. The number of ether oxygens (including phenoxy) is 1. The van der Waals surface area contributed by atoms with Crippen LogP contribution in [0, 0.1) is 17.8 Å². The molecule has 0 saturated carbocycles. The van der Waals surface area contributed by atoms with Crippen molar-refractivity contribution in [3.05, 3.63) is 12.2 Å². The van der Waals surface area contributed by atoms with E-state index < -0.39 is 17.8 Å². The molecule has 1 aliphatic heterocycles. The molecule has 1 saturated heterocycles. The number of carboxylic acids is 1. The minimum absolute atomic E-state index is 0.0256. The number of aliphatic carboxylic acids is 1. The molecule has 0 aromatic carbocycles. The average molecular weight is 182 g/mol. The highest BCUT2D eigenvalue weighted by atomic mass is 16.5. The first-order valence-corrected chi connectivity index (χ1v) is 4.26. The fourth-order valence-corrected chi connectivity index (χ4v) is 1.99. The molecule has 2 aliphatic rings. The van der Waals surface area contributed by atoms with E-state index in [4.69, 9.17) is 9.84 Å². The molecular formula is C9H10O4. The van der Waals surface area contributed by atoms with Gasteiger partial charge in [0.25, 0.3) is 0 Å². The van der Waals surface area contributed by atoms with Gasteiger partial charge in [-0.25, -0.2) is 0 Å². The zero-order valence-corrected chi connectivity index (χ0v) is 6.97. The summed E-state index contributed by atoms with van der Waals surface area (Å²) in [6.07, 6.45) is 4.14. The molecule has 0 spiro atoms. The van der Waals surface area contributed by atoms with Crippen molar-refractivity contribution in [1.29, 1.82) is 0 Å². The molecule has 1 heterocycles. The maximum Gasteiger partial charge on any atom is 0.310 e. The van der Waals surface area contributed by atoms with E-state index in [9.17, 15) is 9.59 Å². The standard InChI is InChI=1S/C9H10O4/c10-8(11)6-3-1-2-5-4-13-9(12)7(5)6/h1-2,5-7H,3-4H2,(H,10,11)/t5-,6+,7-/m0/s1. The van der Waals surface area contributed by atoms with E-state index in [0.29, 0.717) is 13.0 Å². The van der Waals surface area contributed by atoms with Gasteiger partial charge in [-0.3, -0.25) is 9.59 Å². The van der Waals surface area contributed by atoms with E-state index in [1.54, 1.807) is 0 Å². The molecule has 1 aliphatic carbocycles. The molecule has 0 bridgehead atoms. The average Bonchev–Trinajstić information content (AvgIpc) is 2.48. The van der Waals surface area contributed by atoms with Gasteiger partial charge in [0, 0.05) is 5.92 Å². The molecule has 70 valence electrons. The summed E-state index contributed by atoms with van der Waals surface area (Å²) >= 11 is 0. The molecular weight excluding hydrogens is 172 g/mol. The Hall–Kier alpha value is -1.32. The summed E-state index contributed by atoms with van der Waals surface area (Å²) in [5.41, 5.74) is 0. The molecule has 4 heteroatoms. The summed E-state index contributed by atoms with van der Waals surface area (Å²) in [5, 5.41) is 8.86. The fourth-order valence-electron chi connectivity index (χ4n) is 1.99. The maximum atomic E-state index is 11.2. The topological polar surface area (TPSA) is 63.6 Å². The van der Waals surface area contributed by atoms with Crippen LogP contribution in [-0.4, -0.2) is 23.7 Å². The normalized spacial score (nSPS) is 36.9. The van der Waals surface area contributed by atoms with Gasteiger partial charge in [0.1, 0.15) is 0 Å². The van der Waals surface area contributed by atoms with E-state index in [2.05, 4.69) is 0 Å². The molecule has 13 heavy (non-hydrogen) atoms. The van der Waals surface area contributed by atoms with Crippen molar-refractivity contribution in [1.82, 2.24) is 0 Å². The van der Waals surface area contributed by atoms with E-state index in [1.165, 1.54) is 0 Å². The quantitative estimate of drug-likeness (QED) is 0.472. The Bertz CT molecular complexity index is 281. The summed E-state index contributed by atoms with van der Waals surface area (Å²) in [4.78, 5) is 22.0. The van der Waals surface area contributed by atoms with Crippen molar-refractivity contribution in [3.8, 4) is 0 Å². The zero-order chi connectivity index (χ0) is 9.42. The number of carbonyl (C=O) groups is 2. The van der Waals surface area contributed by atoms with Gasteiger partial charge in [-0.15, -0.1) is 0 Å². The van der Waals surface area contributed by atoms with Gasteiger partial charge in [0.2, 0.25) is 0 Å². The maximum absolute atomic E-state index is 11.2. The van der Waals surface area contributed by atoms with Gasteiger partial charge < -0.3 is 9.84 Å². The first-order valence-electron chi connectivity index (χ1n) is 4.26. The van der Waals surface area contributed by atoms with Crippen LogP contribution in [0.15, 0.2) is 12.2 Å². The van der Waals surface area contributed by atoms with Crippen LogP contribution in [0.5, 0.6) is 0 Å². The smallest absolute Gasteiger partial charge is 0.310 e. The molecule has 4 nitrogen and oxygen atoms in total. The molecule has 1 N–H and O–H groups in total. The molecule has 0 aromatic rings. The van der Waals surface area contributed by atoms with Gasteiger partial charge in [-0.2, -0.15) is 0 Å². The second-order valence-electron chi connectivity index (χ2n) is 3.43. The molecule has 2 rings (SSSR count). The lowest BCUT2D eigenvalue weighted by molar-refractivity contribution is -0.151. The lowest BCUT2D eigenvalue weighted by atomic mass is 9.77. The monoisotopic (exact) mass is 182 g/mol. The van der Waals surface area contributed by atoms with E-state index in [0.717, 1.165) is 0 Å². The van der Waals surface area contributed by atoms with Crippen molar-refractivity contribution in [3.63, 3.8) is 0 Å². The SMILES string of the molecule is O=C1OC[C@@H]2C=CC[C@@H](C(=O)O)[C@@H]12. The van der Waals surface area contributed by atoms with E-state index >= 15 is 0 Å². The van der Waals surface area contributed by atoms with Crippen molar-refractivity contribution < 1.29 is 19.4 Å². The third-order valence-corrected chi connectivity index (χ3v) is 2.68. The fraction of sp³-hybridized carbons (Fsp3) is 0.556. The lowest BCUT2D eigenvalue weighted by Gasteiger charge is -2.22. The highest BCUT2D eigenvalue weighted by molar-refractivity contribution is 5.83. The second-order valence-corrected chi connectivity index (χ2v) is 3.43. The number of esters is 1. The Morgan fingerprint density at radius 2 is 2.38 bits per heavy atom. The molecule has 0 aromatic heterocycles. The van der Waals surface area contributed by atoms with Crippen molar-refractivity contribution in [2.45, 2.75) is 6.42 Å². The number of rotatable bonds is 1. The van der Waals surface area contributed by atoms with Crippen molar-refractivity contribution in [2.24, 2.45) is 17.8 Å². The number of carbonyl (C=O) groups excluding carboxylic acids is 1. The van der Waals surface area contributed by atoms with Gasteiger partial charge in [0.05, 0.1) is 18.4 Å². The zero-order valence-electron chi connectivity index (χ0n) is 6.97. The Morgan fingerprint density at radius 3 is 3.08 bits per heavy atom. The number of hydrogen-bond acceptors (Lipinski definition) is 3. The van der Waals surface area contributed by atoms with E-state index in [-0.39, 0.29) is 11.9 Å². The number of cyclic esters (lactones) is 1. The predicted octanol–water partition coefficient (Wildman–Crippen LogP) is 0.436. The van der Waals surface area contributed by atoms with Crippen LogP contribution >= 0.6 is 0 Å².